The number of aryl methyl sites for hydroxylation is 2. The number of hydrogen-bond donors (Lipinski definition) is 2. The summed E-state index contributed by atoms with van der Waals surface area (Å²) >= 11 is 0. The number of piperidine rings is 1. The highest BCUT2D eigenvalue weighted by Crippen LogP contribution is 2.45. The third-order valence-corrected chi connectivity index (χ3v) is 9.78. The van der Waals surface area contributed by atoms with Crippen molar-refractivity contribution in [3.63, 3.8) is 0 Å². The smallest absolute Gasteiger partial charge is 0.380 e. The van der Waals surface area contributed by atoms with Crippen molar-refractivity contribution in [1.29, 1.82) is 0 Å². The fourth-order valence-electron chi connectivity index (χ4n) is 7.09. The van der Waals surface area contributed by atoms with Crippen LogP contribution < -0.4 is 16.0 Å². The first-order valence-electron chi connectivity index (χ1n) is 15.8. The van der Waals surface area contributed by atoms with E-state index in [1.54, 1.807) is 13.8 Å². The van der Waals surface area contributed by atoms with Gasteiger partial charge in [-0.1, -0.05) is 13.3 Å². The van der Waals surface area contributed by atoms with Crippen LogP contribution in [-0.4, -0.2) is 58.3 Å². The summed E-state index contributed by atoms with van der Waals surface area (Å²) < 4.78 is 61.9. The molecule has 2 aromatic heterocycles. The Morgan fingerprint density at radius 3 is 2.29 bits per heavy atom. The highest BCUT2D eigenvalue weighted by molar-refractivity contribution is 6.16. The molecule has 0 unspecified atom stereocenters. The van der Waals surface area contributed by atoms with Crippen LogP contribution in [0.2, 0.25) is 0 Å². The number of amides is 2. The van der Waals surface area contributed by atoms with Gasteiger partial charge in [0.15, 0.2) is 0 Å². The van der Waals surface area contributed by atoms with Gasteiger partial charge in [0.2, 0.25) is 5.91 Å². The first-order chi connectivity index (χ1) is 22.6. The van der Waals surface area contributed by atoms with Crippen molar-refractivity contribution in [3.05, 3.63) is 69.8 Å². The van der Waals surface area contributed by atoms with Gasteiger partial charge in [-0.3, -0.25) is 14.6 Å². The minimum atomic E-state index is -4.60. The third-order valence-electron chi connectivity index (χ3n) is 9.78. The summed E-state index contributed by atoms with van der Waals surface area (Å²) in [6, 6.07) is 5.56. The number of aliphatic imine (C=N–C) groups is 1. The highest BCUT2D eigenvalue weighted by atomic mass is 19.4. The number of aromatic nitrogens is 3. The molecule has 3 aliphatic rings. The number of benzene rings is 1. The Morgan fingerprint density at radius 2 is 1.73 bits per heavy atom. The number of nitrogens with two attached hydrogens (primary N) is 1. The van der Waals surface area contributed by atoms with Gasteiger partial charge < -0.3 is 20.7 Å². The Kier molecular flexibility index (Phi) is 8.51. The van der Waals surface area contributed by atoms with Crippen LogP contribution in [0.3, 0.4) is 0 Å². The molecule has 48 heavy (non-hydrogen) atoms. The molecule has 0 atom stereocenters. The number of nitrogens with one attached hydrogen (secondary N) is 1. The van der Waals surface area contributed by atoms with Gasteiger partial charge >= 0.3 is 6.18 Å². The van der Waals surface area contributed by atoms with Gasteiger partial charge in [-0.15, -0.1) is 0 Å². The van der Waals surface area contributed by atoms with Gasteiger partial charge in [0, 0.05) is 59.4 Å². The number of carbonyl (C=O) groups excluding carboxylic acids is 2. The van der Waals surface area contributed by atoms with E-state index < -0.39 is 34.5 Å². The van der Waals surface area contributed by atoms with Crippen LogP contribution in [0.25, 0.3) is 11.1 Å². The summed E-state index contributed by atoms with van der Waals surface area (Å²) in [4.78, 5) is 44.7. The van der Waals surface area contributed by atoms with Crippen LogP contribution in [0.1, 0.15) is 78.8 Å². The molecule has 2 aliphatic heterocycles. The van der Waals surface area contributed by atoms with Gasteiger partial charge in [0.1, 0.15) is 28.7 Å². The van der Waals surface area contributed by atoms with Crippen molar-refractivity contribution < 1.29 is 31.9 Å². The summed E-state index contributed by atoms with van der Waals surface area (Å²) in [5, 5.41) is 2.85. The second-order valence-corrected chi connectivity index (χ2v) is 13.2. The summed E-state index contributed by atoms with van der Waals surface area (Å²) in [5.41, 5.74) is 6.66. The molecule has 2 fully saturated rings. The van der Waals surface area contributed by atoms with E-state index in [9.17, 15) is 22.8 Å². The lowest BCUT2D eigenvalue weighted by Crippen LogP contribution is -2.49. The van der Waals surface area contributed by atoms with Crippen molar-refractivity contribution in [2.24, 2.45) is 10.7 Å². The number of ether oxygens (including phenoxy) is 1. The van der Waals surface area contributed by atoms with E-state index in [1.165, 1.54) is 19.2 Å². The zero-order chi connectivity index (χ0) is 34.6. The van der Waals surface area contributed by atoms with Crippen molar-refractivity contribution in [1.82, 2.24) is 20.3 Å². The number of methoxy groups -OCH3 is 1. The van der Waals surface area contributed by atoms with Crippen LogP contribution in [0, 0.1) is 19.7 Å². The number of amidine groups is 1. The Morgan fingerprint density at radius 1 is 1.06 bits per heavy atom. The van der Waals surface area contributed by atoms with E-state index in [2.05, 4.69) is 20.3 Å². The SMILES string of the molecule is COCc1c(F)cc(-c2c(C)nc(CC(N)=O)nc2C)cc1N1CCC2(CC1)N=C(c1ccc(C(F)(F)F)nc1C1(C)CCC1)NC2=O. The molecule has 3 aromatic rings. The van der Waals surface area contributed by atoms with Gasteiger partial charge in [-0.25, -0.2) is 19.3 Å². The number of halogens is 4. The van der Waals surface area contributed by atoms with E-state index in [0.717, 1.165) is 12.5 Å². The molecule has 1 saturated heterocycles. The van der Waals surface area contributed by atoms with Crippen LogP contribution in [0.4, 0.5) is 23.2 Å². The number of primary amides is 1. The Hall–Kier alpha value is -4.46. The van der Waals surface area contributed by atoms with E-state index in [0.29, 0.717) is 83.8 Å². The van der Waals surface area contributed by atoms with Crippen molar-refractivity contribution >= 4 is 23.3 Å². The van der Waals surface area contributed by atoms with Gasteiger partial charge in [0.05, 0.1) is 18.7 Å². The molecular formula is C34H37F4N7O3. The molecule has 14 heteroatoms. The zero-order valence-corrected chi connectivity index (χ0v) is 27.2. The number of pyridine rings is 1. The lowest BCUT2D eigenvalue weighted by Gasteiger charge is -2.39. The standard InChI is InChI=1S/C34H37F4N7O3/c1-18-28(19(2)41-27(40-18)16-26(39)46)20-14-23(35)22(17-48-4)24(15-20)45-12-10-33(11-13-45)31(47)43-30(44-33)21-6-7-25(34(36,37)38)42-29(21)32(3)8-5-9-32/h6-7,14-15H,5,8-13,16-17H2,1-4H3,(H2,39,46)(H,43,44,47). The molecule has 0 radical (unpaired) electrons. The van der Waals surface area contributed by atoms with E-state index in [-0.39, 0.29) is 30.6 Å². The van der Waals surface area contributed by atoms with E-state index in [4.69, 9.17) is 15.5 Å². The van der Waals surface area contributed by atoms with Gasteiger partial charge in [-0.05, 0) is 69.4 Å². The van der Waals surface area contributed by atoms with Crippen LogP contribution in [0.15, 0.2) is 29.3 Å². The molecule has 1 aliphatic carbocycles. The lowest BCUT2D eigenvalue weighted by molar-refractivity contribution is -0.141. The first-order valence-corrected chi connectivity index (χ1v) is 15.8. The number of alkyl halides is 3. The fourth-order valence-corrected chi connectivity index (χ4v) is 7.09. The molecule has 1 spiro atoms. The normalized spacial score (nSPS) is 18.5. The van der Waals surface area contributed by atoms with E-state index in [1.807, 2.05) is 17.9 Å². The van der Waals surface area contributed by atoms with Crippen LogP contribution in [-0.2, 0) is 38.9 Å². The predicted octanol–water partition coefficient (Wildman–Crippen LogP) is 4.84. The highest BCUT2D eigenvalue weighted by Gasteiger charge is 2.48. The zero-order valence-electron chi connectivity index (χ0n) is 27.2. The second-order valence-electron chi connectivity index (χ2n) is 13.2. The predicted molar refractivity (Wildman–Crippen MR) is 170 cm³/mol. The average molecular weight is 668 g/mol. The summed E-state index contributed by atoms with van der Waals surface area (Å²) in [7, 11) is 1.48. The van der Waals surface area contributed by atoms with Gasteiger partial charge in [0.25, 0.3) is 5.91 Å². The minimum Gasteiger partial charge on any atom is -0.380 e. The average Bonchev–Trinajstić information content (AvgIpc) is 3.31. The molecule has 1 saturated carbocycles. The topological polar surface area (TPSA) is 136 Å². The maximum absolute atomic E-state index is 15.7. The van der Waals surface area contributed by atoms with Crippen molar-refractivity contribution in [3.8, 4) is 11.1 Å². The molecule has 10 nitrogen and oxygen atoms in total. The molecular weight excluding hydrogens is 630 g/mol. The van der Waals surface area contributed by atoms with Gasteiger partial charge in [-0.2, -0.15) is 13.2 Å². The number of nitrogens with zero attached hydrogens (tertiary/aromatic N) is 5. The molecule has 4 heterocycles. The maximum atomic E-state index is 15.7. The van der Waals surface area contributed by atoms with Crippen molar-refractivity contribution in [2.75, 3.05) is 25.1 Å². The van der Waals surface area contributed by atoms with Crippen molar-refractivity contribution in [2.45, 2.75) is 83.0 Å². The number of hydrogen-bond acceptors (Lipinski definition) is 8. The summed E-state index contributed by atoms with van der Waals surface area (Å²) in [6.07, 6.45) is -1.85. The van der Waals surface area contributed by atoms with Crippen LogP contribution in [0.5, 0.6) is 0 Å². The maximum Gasteiger partial charge on any atom is 0.433 e. The molecule has 2 amide bonds. The monoisotopic (exact) mass is 667 g/mol. The second kappa shape index (κ2) is 12.2. The molecule has 0 bridgehead atoms. The fraction of sp³-hybridized carbons (Fsp3) is 0.471. The molecule has 6 rings (SSSR count). The third kappa shape index (κ3) is 6.01. The quantitative estimate of drug-likeness (QED) is 0.328. The van der Waals surface area contributed by atoms with Crippen LogP contribution >= 0.6 is 0 Å². The molecule has 1 aromatic carbocycles. The summed E-state index contributed by atoms with van der Waals surface area (Å²) in [5.74, 6) is -0.835. The Labute approximate surface area is 275 Å². The number of rotatable bonds is 8. The first kappa shape index (κ1) is 33.4. The molecule has 254 valence electrons. The largest absolute Gasteiger partial charge is 0.433 e. The van der Waals surface area contributed by atoms with E-state index >= 15 is 4.39 Å². The molecule has 3 N–H and O–H groups in total. The number of anilines is 1. The summed E-state index contributed by atoms with van der Waals surface area (Å²) in [6.45, 7) is 6.13. The Bertz CT molecular complexity index is 1810. The number of carbonyl (C=O) groups is 2. The Balaban J connectivity index is 1.31. The minimum absolute atomic E-state index is 0.0142. The lowest BCUT2D eigenvalue weighted by atomic mass is 9.67.